The van der Waals surface area contributed by atoms with Crippen LogP contribution in [0, 0.1) is 5.92 Å². The molecule has 1 aromatic carbocycles. The molecule has 172 valence electrons. The van der Waals surface area contributed by atoms with Gasteiger partial charge in [-0.3, -0.25) is 19.1 Å². The van der Waals surface area contributed by atoms with Crippen LogP contribution < -0.4 is 16.0 Å². The SMILES string of the molecule is COc1ccc(CCC2CCN(C(=O)c3cnc4c(c3)c(=O)[nH]c(=O)n4C3CC3)CC2)cc1. The summed E-state index contributed by atoms with van der Waals surface area (Å²) in [6, 6.07) is 9.86. The summed E-state index contributed by atoms with van der Waals surface area (Å²) >= 11 is 0. The number of aromatic nitrogens is 3. The molecule has 8 heteroatoms. The first-order chi connectivity index (χ1) is 16.0. The maximum atomic E-state index is 13.1. The van der Waals surface area contributed by atoms with E-state index in [0.29, 0.717) is 35.6 Å². The standard InChI is InChI=1S/C25H28N4O4/c1-33-20-8-4-16(5-9-20)2-3-17-10-12-28(13-11-17)24(31)18-14-21-22(26-15-18)29(19-6-7-19)25(32)27-23(21)30/h4-5,8-9,14-15,17,19H,2-3,6-7,10-13H2,1H3,(H,27,30,32). The number of rotatable bonds is 6. The maximum absolute atomic E-state index is 13.1. The molecule has 1 aliphatic heterocycles. The summed E-state index contributed by atoms with van der Waals surface area (Å²) in [5, 5.41) is 0.293. The second-order valence-electron chi connectivity index (χ2n) is 9.08. The van der Waals surface area contributed by atoms with Crippen molar-refractivity contribution in [2.24, 2.45) is 5.92 Å². The fourth-order valence-corrected chi connectivity index (χ4v) is 4.70. The first kappa shape index (κ1) is 21.4. The van der Waals surface area contributed by atoms with Gasteiger partial charge in [-0.05, 0) is 68.2 Å². The van der Waals surface area contributed by atoms with Crippen LogP contribution in [0.3, 0.4) is 0 Å². The molecule has 33 heavy (non-hydrogen) atoms. The quantitative estimate of drug-likeness (QED) is 0.625. The molecule has 3 aromatic rings. The van der Waals surface area contributed by atoms with Crippen molar-refractivity contribution in [3.8, 4) is 5.75 Å². The van der Waals surface area contributed by atoms with Crippen LogP contribution >= 0.6 is 0 Å². The first-order valence-corrected chi connectivity index (χ1v) is 11.6. The van der Waals surface area contributed by atoms with E-state index in [9.17, 15) is 14.4 Å². The van der Waals surface area contributed by atoms with Crippen LogP contribution in [0.2, 0.25) is 0 Å². The molecule has 0 bridgehead atoms. The van der Waals surface area contributed by atoms with Crippen LogP contribution in [0.4, 0.5) is 0 Å². The minimum Gasteiger partial charge on any atom is -0.497 e. The molecule has 1 saturated heterocycles. The van der Waals surface area contributed by atoms with Crippen molar-refractivity contribution in [2.75, 3.05) is 20.2 Å². The molecule has 1 amide bonds. The van der Waals surface area contributed by atoms with E-state index in [0.717, 1.165) is 44.3 Å². The molecular formula is C25H28N4O4. The highest BCUT2D eigenvalue weighted by atomic mass is 16.5. The predicted molar refractivity (Wildman–Crippen MR) is 125 cm³/mol. The van der Waals surface area contributed by atoms with Crippen LogP contribution in [0.1, 0.15) is 54.1 Å². The second-order valence-corrected chi connectivity index (χ2v) is 9.08. The Morgan fingerprint density at radius 2 is 1.85 bits per heavy atom. The van der Waals surface area contributed by atoms with Crippen LogP contribution in [0.25, 0.3) is 11.0 Å². The number of benzene rings is 1. The Bertz CT molecular complexity index is 1280. The van der Waals surface area contributed by atoms with Gasteiger partial charge in [-0.1, -0.05) is 12.1 Å². The Labute approximate surface area is 191 Å². The molecule has 8 nitrogen and oxygen atoms in total. The van der Waals surface area contributed by atoms with Crippen molar-refractivity contribution in [3.05, 3.63) is 68.5 Å². The summed E-state index contributed by atoms with van der Waals surface area (Å²) in [4.78, 5) is 46.2. The van der Waals surface area contributed by atoms with E-state index in [2.05, 4.69) is 22.1 Å². The van der Waals surface area contributed by atoms with E-state index >= 15 is 0 Å². The molecule has 0 atom stereocenters. The number of amides is 1. The van der Waals surface area contributed by atoms with Crippen LogP contribution in [0.5, 0.6) is 5.75 Å². The minimum absolute atomic E-state index is 0.0860. The number of fused-ring (bicyclic) bond motifs is 1. The van der Waals surface area contributed by atoms with Crippen molar-refractivity contribution in [1.29, 1.82) is 0 Å². The van der Waals surface area contributed by atoms with Crippen LogP contribution in [0.15, 0.2) is 46.1 Å². The van der Waals surface area contributed by atoms with Gasteiger partial charge in [-0.25, -0.2) is 9.78 Å². The fourth-order valence-electron chi connectivity index (χ4n) is 4.70. The van der Waals surface area contributed by atoms with E-state index in [1.165, 1.54) is 11.8 Å². The van der Waals surface area contributed by atoms with Crippen LogP contribution in [-0.2, 0) is 6.42 Å². The summed E-state index contributed by atoms with van der Waals surface area (Å²) < 4.78 is 6.75. The Morgan fingerprint density at radius 3 is 2.52 bits per heavy atom. The van der Waals surface area contributed by atoms with Crippen LogP contribution in [-0.4, -0.2) is 45.5 Å². The highest BCUT2D eigenvalue weighted by Crippen LogP contribution is 2.34. The Morgan fingerprint density at radius 1 is 1.12 bits per heavy atom. The number of pyridine rings is 1. The van der Waals surface area contributed by atoms with Gasteiger partial charge in [-0.2, -0.15) is 0 Å². The molecule has 0 unspecified atom stereocenters. The summed E-state index contributed by atoms with van der Waals surface area (Å²) in [6.07, 6.45) is 7.34. The zero-order valence-electron chi connectivity index (χ0n) is 18.8. The Kier molecular flexibility index (Phi) is 5.74. The number of carbonyl (C=O) groups is 1. The third-order valence-corrected chi connectivity index (χ3v) is 6.84. The molecule has 2 aromatic heterocycles. The topological polar surface area (TPSA) is 97.3 Å². The van der Waals surface area contributed by atoms with Gasteiger partial charge in [0.1, 0.15) is 11.4 Å². The zero-order valence-corrected chi connectivity index (χ0v) is 18.8. The summed E-state index contributed by atoms with van der Waals surface area (Å²) in [5.74, 6) is 1.34. The summed E-state index contributed by atoms with van der Waals surface area (Å²) in [7, 11) is 1.67. The van der Waals surface area contributed by atoms with E-state index in [-0.39, 0.29) is 11.9 Å². The number of hydrogen-bond donors (Lipinski definition) is 1. The maximum Gasteiger partial charge on any atom is 0.330 e. The van der Waals surface area contributed by atoms with E-state index in [1.54, 1.807) is 17.7 Å². The lowest BCUT2D eigenvalue weighted by atomic mass is 9.90. The summed E-state index contributed by atoms with van der Waals surface area (Å²) in [5.41, 5.74) is 1.13. The Hall–Kier alpha value is -3.42. The molecule has 3 heterocycles. The van der Waals surface area contributed by atoms with E-state index in [1.807, 2.05) is 17.0 Å². The third kappa shape index (κ3) is 4.42. The van der Waals surface area contributed by atoms with Gasteiger partial charge >= 0.3 is 5.69 Å². The van der Waals surface area contributed by atoms with Gasteiger partial charge in [0.15, 0.2) is 0 Å². The number of nitrogens with zero attached hydrogens (tertiary/aromatic N) is 3. The number of aryl methyl sites for hydroxylation is 1. The largest absolute Gasteiger partial charge is 0.497 e. The van der Waals surface area contributed by atoms with E-state index < -0.39 is 11.2 Å². The van der Waals surface area contributed by atoms with E-state index in [4.69, 9.17) is 4.74 Å². The number of ether oxygens (including phenoxy) is 1. The molecule has 1 aliphatic carbocycles. The van der Waals surface area contributed by atoms with Crippen molar-refractivity contribution in [1.82, 2.24) is 19.4 Å². The number of methoxy groups -OCH3 is 1. The molecule has 5 rings (SSSR count). The monoisotopic (exact) mass is 448 g/mol. The first-order valence-electron chi connectivity index (χ1n) is 11.6. The molecular weight excluding hydrogens is 420 g/mol. The van der Waals surface area contributed by atoms with Gasteiger partial charge in [-0.15, -0.1) is 0 Å². The van der Waals surface area contributed by atoms with Gasteiger partial charge in [0.05, 0.1) is 18.1 Å². The second kappa shape index (κ2) is 8.84. The summed E-state index contributed by atoms with van der Waals surface area (Å²) in [6.45, 7) is 1.39. The molecule has 1 saturated carbocycles. The number of nitrogens with one attached hydrogen (secondary N) is 1. The van der Waals surface area contributed by atoms with Crippen molar-refractivity contribution in [3.63, 3.8) is 0 Å². The molecule has 2 aliphatic rings. The minimum atomic E-state index is -0.494. The lowest BCUT2D eigenvalue weighted by Crippen LogP contribution is -2.38. The average Bonchev–Trinajstić information content (AvgIpc) is 3.68. The predicted octanol–water partition coefficient (Wildman–Crippen LogP) is 2.91. The Balaban J connectivity index is 1.23. The molecule has 1 N–H and O–H groups in total. The highest BCUT2D eigenvalue weighted by molar-refractivity contribution is 5.96. The number of H-pyrrole nitrogens is 1. The number of piperidine rings is 1. The van der Waals surface area contributed by atoms with Gasteiger partial charge in [0, 0.05) is 25.3 Å². The number of carbonyl (C=O) groups excluding carboxylic acids is 1. The third-order valence-electron chi connectivity index (χ3n) is 6.84. The fraction of sp³-hybridized carbons (Fsp3) is 0.440. The molecule has 0 spiro atoms. The normalized spacial score (nSPS) is 16.8. The lowest BCUT2D eigenvalue weighted by Gasteiger charge is -2.32. The highest BCUT2D eigenvalue weighted by Gasteiger charge is 2.29. The average molecular weight is 449 g/mol. The van der Waals surface area contributed by atoms with Gasteiger partial charge in [0.2, 0.25) is 0 Å². The zero-order chi connectivity index (χ0) is 22.9. The van der Waals surface area contributed by atoms with Gasteiger partial charge in [0.25, 0.3) is 11.5 Å². The number of hydrogen-bond acceptors (Lipinski definition) is 5. The van der Waals surface area contributed by atoms with Crippen molar-refractivity contribution < 1.29 is 9.53 Å². The number of likely N-dealkylation sites (tertiary alicyclic amines) is 1. The smallest absolute Gasteiger partial charge is 0.330 e. The lowest BCUT2D eigenvalue weighted by molar-refractivity contribution is 0.0686. The molecule has 2 fully saturated rings. The van der Waals surface area contributed by atoms with Crippen molar-refractivity contribution in [2.45, 2.75) is 44.6 Å². The number of aromatic amines is 1. The molecule has 0 radical (unpaired) electrons. The van der Waals surface area contributed by atoms with Crippen molar-refractivity contribution >= 4 is 16.9 Å². The van der Waals surface area contributed by atoms with Gasteiger partial charge < -0.3 is 9.64 Å².